The summed E-state index contributed by atoms with van der Waals surface area (Å²) >= 11 is 6.24. The first-order chi connectivity index (χ1) is 15.7. The molecule has 2 aromatic rings. The molecule has 0 aliphatic heterocycles. The summed E-state index contributed by atoms with van der Waals surface area (Å²) in [6, 6.07) is 10.5. The minimum Gasteiger partial charge on any atom is -0.497 e. The molecule has 0 unspecified atom stereocenters. The summed E-state index contributed by atoms with van der Waals surface area (Å²) in [5, 5.41) is 3.69. The number of carbonyl (C=O) groups is 2. The van der Waals surface area contributed by atoms with Crippen molar-refractivity contribution in [3.05, 3.63) is 58.1 Å². The van der Waals surface area contributed by atoms with E-state index in [9.17, 15) is 9.59 Å². The topological polar surface area (TPSA) is 67.9 Å². The van der Waals surface area contributed by atoms with Gasteiger partial charge in [-0.05, 0) is 74.6 Å². The number of benzene rings is 2. The highest BCUT2D eigenvalue weighted by Gasteiger charge is 2.29. The number of aryl methyl sites for hydroxylation is 2. The van der Waals surface area contributed by atoms with E-state index < -0.39 is 6.04 Å². The Kier molecular flexibility index (Phi) is 10.0. The van der Waals surface area contributed by atoms with E-state index in [2.05, 4.69) is 5.32 Å². The summed E-state index contributed by atoms with van der Waals surface area (Å²) in [5.41, 5.74) is 2.63. The number of methoxy groups -OCH3 is 1. The third-order valence-electron chi connectivity index (χ3n) is 5.65. The van der Waals surface area contributed by atoms with Gasteiger partial charge in [-0.25, -0.2) is 0 Å². The van der Waals surface area contributed by atoms with Crippen molar-refractivity contribution in [1.82, 2.24) is 10.2 Å². The van der Waals surface area contributed by atoms with E-state index in [0.717, 1.165) is 23.1 Å². The summed E-state index contributed by atoms with van der Waals surface area (Å²) in [5.74, 6) is 0.831. The van der Waals surface area contributed by atoms with E-state index >= 15 is 0 Å². The van der Waals surface area contributed by atoms with E-state index in [0.29, 0.717) is 22.9 Å². The molecule has 0 aliphatic carbocycles. The third-order valence-corrected chi connectivity index (χ3v) is 6.24. The fraction of sp³-hybridized carbons (Fsp3) is 0.462. The lowest BCUT2D eigenvalue weighted by atomic mass is 10.1. The molecule has 0 radical (unpaired) electrons. The van der Waals surface area contributed by atoms with Gasteiger partial charge in [0, 0.05) is 17.6 Å². The van der Waals surface area contributed by atoms with Crippen molar-refractivity contribution in [2.24, 2.45) is 0 Å². The molecule has 6 nitrogen and oxygen atoms in total. The Labute approximate surface area is 202 Å². The van der Waals surface area contributed by atoms with Gasteiger partial charge >= 0.3 is 0 Å². The average Bonchev–Trinajstić information content (AvgIpc) is 2.80. The first kappa shape index (κ1) is 26.5. The molecule has 0 spiro atoms. The van der Waals surface area contributed by atoms with Gasteiger partial charge in [0.25, 0.3) is 5.91 Å². The number of hydrogen-bond acceptors (Lipinski definition) is 4. The number of carbonyl (C=O) groups excluding carboxylic acids is 2. The Morgan fingerprint density at radius 2 is 1.73 bits per heavy atom. The van der Waals surface area contributed by atoms with Crippen molar-refractivity contribution >= 4 is 23.4 Å². The molecular weight excluding hydrogens is 440 g/mol. The van der Waals surface area contributed by atoms with Crippen LogP contribution in [0, 0.1) is 13.8 Å². The number of amides is 2. The molecule has 0 aromatic heterocycles. The number of ether oxygens (including phenoxy) is 2. The number of halogens is 1. The first-order valence-corrected chi connectivity index (χ1v) is 11.7. The number of rotatable bonds is 11. The van der Waals surface area contributed by atoms with Crippen molar-refractivity contribution in [3.63, 3.8) is 0 Å². The quantitative estimate of drug-likeness (QED) is 0.494. The lowest BCUT2D eigenvalue weighted by Crippen LogP contribution is -2.51. The molecule has 0 heterocycles. The molecule has 2 aromatic carbocycles. The van der Waals surface area contributed by atoms with Crippen LogP contribution in [0.25, 0.3) is 0 Å². The molecule has 2 amide bonds. The summed E-state index contributed by atoms with van der Waals surface area (Å²) in [4.78, 5) is 27.9. The maximum atomic E-state index is 13.3. The van der Waals surface area contributed by atoms with Gasteiger partial charge in [0.1, 0.15) is 17.5 Å². The van der Waals surface area contributed by atoms with Gasteiger partial charge in [0.15, 0.2) is 6.61 Å². The van der Waals surface area contributed by atoms with Crippen LogP contribution in [-0.4, -0.2) is 42.5 Å². The Hall–Kier alpha value is -2.73. The van der Waals surface area contributed by atoms with Crippen LogP contribution in [0.3, 0.4) is 0 Å². The maximum Gasteiger partial charge on any atom is 0.261 e. The van der Waals surface area contributed by atoms with E-state index in [1.807, 2.05) is 71.0 Å². The van der Waals surface area contributed by atoms with Crippen LogP contribution in [0.2, 0.25) is 5.02 Å². The number of nitrogens with one attached hydrogen (secondary N) is 1. The molecule has 0 aliphatic rings. The molecule has 2 rings (SSSR count). The smallest absolute Gasteiger partial charge is 0.261 e. The van der Waals surface area contributed by atoms with E-state index in [4.69, 9.17) is 21.1 Å². The molecular formula is C26H35ClN2O4. The lowest BCUT2D eigenvalue weighted by Gasteiger charge is -2.31. The van der Waals surface area contributed by atoms with Crippen LogP contribution in [0.5, 0.6) is 11.5 Å². The number of nitrogens with zero attached hydrogens (tertiary/aromatic N) is 1. The van der Waals surface area contributed by atoms with Crippen LogP contribution in [-0.2, 0) is 16.1 Å². The summed E-state index contributed by atoms with van der Waals surface area (Å²) in [7, 11) is 1.60. The highest BCUT2D eigenvalue weighted by Crippen LogP contribution is 2.26. The standard InChI is InChI=1S/C26H35ClN2O4/c1-7-19(5)28-26(31)23(8-2)29(15-20-10-9-11-21(14-20)32-6)24(30)16-33-22-12-17(3)25(27)18(4)13-22/h9-14,19,23H,7-8,15-16H2,1-6H3,(H,28,31)/t19-,23+/m0/s1. The van der Waals surface area contributed by atoms with Crippen LogP contribution >= 0.6 is 11.6 Å². The fourth-order valence-corrected chi connectivity index (χ4v) is 3.65. The third kappa shape index (κ3) is 7.39. The minimum atomic E-state index is -0.616. The Bertz CT molecular complexity index is 940. The SMILES string of the molecule is CC[C@H](C(=O)N[C@@H](C)CC)N(Cc1cccc(OC)c1)C(=O)COc1cc(C)c(Cl)c(C)c1. The Balaban J connectivity index is 2.27. The van der Waals surface area contributed by atoms with Crippen molar-refractivity contribution in [3.8, 4) is 11.5 Å². The van der Waals surface area contributed by atoms with Gasteiger partial charge in [0.05, 0.1) is 7.11 Å². The van der Waals surface area contributed by atoms with Crippen LogP contribution in [0.4, 0.5) is 0 Å². The van der Waals surface area contributed by atoms with Crippen molar-refractivity contribution < 1.29 is 19.1 Å². The molecule has 33 heavy (non-hydrogen) atoms. The number of hydrogen-bond donors (Lipinski definition) is 1. The van der Waals surface area contributed by atoms with Gasteiger partial charge < -0.3 is 19.7 Å². The molecule has 7 heteroatoms. The zero-order valence-electron chi connectivity index (χ0n) is 20.4. The summed E-state index contributed by atoms with van der Waals surface area (Å²) < 4.78 is 11.1. The fourth-order valence-electron chi connectivity index (χ4n) is 3.55. The molecule has 0 saturated carbocycles. The Morgan fingerprint density at radius 3 is 2.30 bits per heavy atom. The van der Waals surface area contributed by atoms with Crippen molar-refractivity contribution in [1.29, 1.82) is 0 Å². The zero-order chi connectivity index (χ0) is 24.5. The van der Waals surface area contributed by atoms with Crippen LogP contribution in [0.15, 0.2) is 36.4 Å². The van der Waals surface area contributed by atoms with Crippen LogP contribution in [0.1, 0.15) is 50.3 Å². The maximum absolute atomic E-state index is 13.3. The second-order valence-electron chi connectivity index (χ2n) is 8.27. The van der Waals surface area contributed by atoms with Gasteiger partial charge in [-0.3, -0.25) is 9.59 Å². The predicted octanol–water partition coefficient (Wildman–Crippen LogP) is 5.07. The second-order valence-corrected chi connectivity index (χ2v) is 8.65. The van der Waals surface area contributed by atoms with Gasteiger partial charge in [-0.1, -0.05) is 37.6 Å². The highest BCUT2D eigenvalue weighted by atomic mass is 35.5. The minimum absolute atomic E-state index is 0.0246. The van der Waals surface area contributed by atoms with Crippen LogP contribution < -0.4 is 14.8 Å². The highest BCUT2D eigenvalue weighted by molar-refractivity contribution is 6.32. The van der Waals surface area contributed by atoms with Crippen molar-refractivity contribution in [2.45, 2.75) is 66.1 Å². The molecule has 0 fully saturated rings. The average molecular weight is 475 g/mol. The summed E-state index contributed by atoms with van der Waals surface area (Å²) in [6.45, 7) is 9.74. The lowest BCUT2D eigenvalue weighted by molar-refractivity contribution is -0.143. The van der Waals surface area contributed by atoms with Gasteiger partial charge in [0.2, 0.25) is 5.91 Å². The molecule has 180 valence electrons. The van der Waals surface area contributed by atoms with Crippen molar-refractivity contribution in [2.75, 3.05) is 13.7 Å². The molecule has 2 atom stereocenters. The van der Waals surface area contributed by atoms with Gasteiger partial charge in [-0.2, -0.15) is 0 Å². The largest absolute Gasteiger partial charge is 0.497 e. The Morgan fingerprint density at radius 1 is 1.06 bits per heavy atom. The molecule has 0 saturated heterocycles. The second kappa shape index (κ2) is 12.5. The zero-order valence-corrected chi connectivity index (χ0v) is 21.2. The molecule has 1 N–H and O–H groups in total. The first-order valence-electron chi connectivity index (χ1n) is 11.3. The monoisotopic (exact) mass is 474 g/mol. The van der Waals surface area contributed by atoms with E-state index in [-0.39, 0.29) is 31.0 Å². The summed E-state index contributed by atoms with van der Waals surface area (Å²) in [6.07, 6.45) is 1.29. The van der Waals surface area contributed by atoms with E-state index in [1.54, 1.807) is 12.0 Å². The molecule has 0 bridgehead atoms. The predicted molar refractivity (Wildman–Crippen MR) is 132 cm³/mol. The normalized spacial score (nSPS) is 12.6. The van der Waals surface area contributed by atoms with E-state index in [1.165, 1.54) is 0 Å². The van der Waals surface area contributed by atoms with Gasteiger partial charge in [-0.15, -0.1) is 0 Å².